The second kappa shape index (κ2) is 6.71. The lowest BCUT2D eigenvalue weighted by Crippen LogP contribution is -2.36. The molecule has 7 heteroatoms. The fraction of sp³-hybridized carbons (Fsp3) is 0.538. The van der Waals surface area contributed by atoms with Crippen molar-refractivity contribution >= 4 is 23.4 Å². The van der Waals surface area contributed by atoms with Gasteiger partial charge in [0.15, 0.2) is 0 Å². The highest BCUT2D eigenvalue weighted by Gasteiger charge is 2.18. The molecule has 1 atom stereocenters. The van der Waals surface area contributed by atoms with Gasteiger partial charge in [-0.3, -0.25) is 0 Å². The molecular formula is C13H20N2O4S. The van der Waals surface area contributed by atoms with Crippen LogP contribution >= 0.6 is 11.3 Å². The SMILES string of the molecule is COC(=O)c1csc(C(N)CNC(=O)OC(C)(C)C)c1. The van der Waals surface area contributed by atoms with Crippen molar-refractivity contribution in [1.82, 2.24) is 5.32 Å². The van der Waals surface area contributed by atoms with Crippen LogP contribution in [-0.4, -0.2) is 31.3 Å². The van der Waals surface area contributed by atoms with Crippen molar-refractivity contribution < 1.29 is 19.1 Å². The van der Waals surface area contributed by atoms with Gasteiger partial charge < -0.3 is 20.5 Å². The molecule has 0 spiro atoms. The normalized spacial score (nSPS) is 12.7. The molecule has 112 valence electrons. The summed E-state index contributed by atoms with van der Waals surface area (Å²) in [5.41, 5.74) is 5.86. The average Bonchev–Trinajstić information content (AvgIpc) is 2.82. The van der Waals surface area contributed by atoms with E-state index < -0.39 is 23.7 Å². The summed E-state index contributed by atoms with van der Waals surface area (Å²) in [5, 5.41) is 4.27. The van der Waals surface area contributed by atoms with Crippen molar-refractivity contribution in [2.24, 2.45) is 5.73 Å². The van der Waals surface area contributed by atoms with Gasteiger partial charge in [-0.25, -0.2) is 9.59 Å². The van der Waals surface area contributed by atoms with Gasteiger partial charge in [-0.05, 0) is 26.8 Å². The summed E-state index contributed by atoms with van der Waals surface area (Å²) >= 11 is 1.35. The van der Waals surface area contributed by atoms with E-state index in [1.54, 1.807) is 32.2 Å². The lowest BCUT2D eigenvalue weighted by Gasteiger charge is -2.20. The van der Waals surface area contributed by atoms with Crippen molar-refractivity contribution in [2.45, 2.75) is 32.4 Å². The quantitative estimate of drug-likeness (QED) is 0.831. The fourth-order valence-electron chi connectivity index (χ4n) is 1.38. The van der Waals surface area contributed by atoms with Crippen LogP contribution in [0.4, 0.5) is 4.79 Å². The van der Waals surface area contributed by atoms with E-state index in [2.05, 4.69) is 10.1 Å². The molecule has 0 aromatic carbocycles. The van der Waals surface area contributed by atoms with Crippen LogP contribution in [0.5, 0.6) is 0 Å². The number of nitrogens with two attached hydrogens (primary N) is 1. The van der Waals surface area contributed by atoms with Crippen molar-refractivity contribution in [1.29, 1.82) is 0 Å². The van der Waals surface area contributed by atoms with E-state index in [1.165, 1.54) is 18.4 Å². The van der Waals surface area contributed by atoms with Crippen molar-refractivity contribution in [2.75, 3.05) is 13.7 Å². The molecule has 1 aromatic heterocycles. The standard InChI is InChI=1S/C13H20N2O4S/c1-13(2,3)19-12(17)15-6-9(14)10-5-8(7-20-10)11(16)18-4/h5,7,9H,6,14H2,1-4H3,(H,15,17). The molecule has 20 heavy (non-hydrogen) atoms. The molecule has 3 N–H and O–H groups in total. The first-order valence-electron chi connectivity index (χ1n) is 6.12. The molecule has 1 unspecified atom stereocenters. The number of esters is 1. The summed E-state index contributed by atoms with van der Waals surface area (Å²) in [6, 6.07) is 1.27. The zero-order valence-corrected chi connectivity index (χ0v) is 12.9. The van der Waals surface area contributed by atoms with Gasteiger partial charge >= 0.3 is 12.1 Å². The number of hydrogen-bond donors (Lipinski definition) is 2. The van der Waals surface area contributed by atoms with Crippen molar-refractivity contribution in [3.63, 3.8) is 0 Å². The Kier molecular flexibility index (Phi) is 5.52. The molecule has 0 radical (unpaired) electrons. The van der Waals surface area contributed by atoms with Gasteiger partial charge in [-0.1, -0.05) is 0 Å². The number of ether oxygens (including phenoxy) is 2. The smallest absolute Gasteiger partial charge is 0.407 e. The van der Waals surface area contributed by atoms with Crippen molar-refractivity contribution in [3.8, 4) is 0 Å². The topological polar surface area (TPSA) is 90.6 Å². The first kappa shape index (κ1) is 16.5. The molecule has 0 saturated heterocycles. The first-order valence-corrected chi connectivity index (χ1v) is 7.00. The zero-order valence-electron chi connectivity index (χ0n) is 12.1. The lowest BCUT2D eigenvalue weighted by atomic mass is 10.2. The van der Waals surface area contributed by atoms with Crippen LogP contribution in [0.25, 0.3) is 0 Å². The van der Waals surface area contributed by atoms with Gasteiger partial charge in [-0.15, -0.1) is 11.3 Å². The predicted molar refractivity (Wildman–Crippen MR) is 76.8 cm³/mol. The van der Waals surface area contributed by atoms with Gasteiger partial charge in [0.25, 0.3) is 0 Å². The van der Waals surface area contributed by atoms with Crippen LogP contribution in [0.1, 0.15) is 42.0 Å². The maximum absolute atomic E-state index is 11.5. The summed E-state index contributed by atoms with van der Waals surface area (Å²) in [5.74, 6) is -0.403. The molecule has 0 bridgehead atoms. The van der Waals surface area contributed by atoms with Gasteiger partial charge in [0, 0.05) is 16.8 Å². The second-order valence-electron chi connectivity index (χ2n) is 5.22. The number of carbonyl (C=O) groups excluding carboxylic acids is 2. The van der Waals surface area contributed by atoms with E-state index in [-0.39, 0.29) is 6.54 Å². The number of alkyl carbamates (subject to hydrolysis) is 1. The average molecular weight is 300 g/mol. The Bertz CT molecular complexity index is 479. The molecule has 6 nitrogen and oxygen atoms in total. The third-order valence-corrected chi connectivity index (χ3v) is 3.34. The number of hydrogen-bond acceptors (Lipinski definition) is 6. The molecule has 1 heterocycles. The first-order chi connectivity index (χ1) is 9.23. The number of methoxy groups -OCH3 is 1. The minimum Gasteiger partial charge on any atom is -0.465 e. The van der Waals surface area contributed by atoms with Crippen LogP contribution in [0.2, 0.25) is 0 Å². The number of carbonyl (C=O) groups is 2. The largest absolute Gasteiger partial charge is 0.465 e. The summed E-state index contributed by atoms with van der Waals surface area (Å²) < 4.78 is 9.73. The summed E-state index contributed by atoms with van der Waals surface area (Å²) in [6.45, 7) is 5.59. The van der Waals surface area contributed by atoms with E-state index in [9.17, 15) is 9.59 Å². The molecule has 0 fully saturated rings. The lowest BCUT2D eigenvalue weighted by molar-refractivity contribution is 0.0523. The van der Waals surface area contributed by atoms with Crippen LogP contribution in [0.15, 0.2) is 11.4 Å². The number of amides is 1. The zero-order chi connectivity index (χ0) is 15.3. The molecule has 1 amide bonds. The fourth-order valence-corrected chi connectivity index (χ4v) is 2.26. The molecule has 0 saturated carbocycles. The maximum atomic E-state index is 11.5. The minimum absolute atomic E-state index is 0.232. The highest BCUT2D eigenvalue weighted by molar-refractivity contribution is 7.10. The van der Waals surface area contributed by atoms with Crippen molar-refractivity contribution in [3.05, 3.63) is 21.9 Å². The Morgan fingerprint density at radius 3 is 2.65 bits per heavy atom. The molecule has 0 aliphatic heterocycles. The van der Waals surface area contributed by atoms with Gasteiger partial charge in [-0.2, -0.15) is 0 Å². The third-order valence-electron chi connectivity index (χ3n) is 2.27. The Hall–Kier alpha value is -1.60. The summed E-state index contributed by atoms with van der Waals surface area (Å²) in [7, 11) is 1.32. The Morgan fingerprint density at radius 1 is 1.45 bits per heavy atom. The van der Waals surface area contributed by atoms with Crippen LogP contribution in [-0.2, 0) is 9.47 Å². The second-order valence-corrected chi connectivity index (χ2v) is 6.16. The Balaban J connectivity index is 2.51. The molecule has 0 aliphatic rings. The van der Waals surface area contributed by atoms with E-state index in [1.807, 2.05) is 0 Å². The van der Waals surface area contributed by atoms with Gasteiger partial charge in [0.1, 0.15) is 5.60 Å². The number of nitrogens with one attached hydrogen (secondary N) is 1. The van der Waals surface area contributed by atoms with Crippen LogP contribution in [0, 0.1) is 0 Å². The highest BCUT2D eigenvalue weighted by atomic mass is 32.1. The van der Waals surface area contributed by atoms with Gasteiger partial charge in [0.05, 0.1) is 18.7 Å². The van der Waals surface area contributed by atoms with E-state index in [4.69, 9.17) is 10.5 Å². The van der Waals surface area contributed by atoms with Crippen LogP contribution in [0.3, 0.4) is 0 Å². The minimum atomic E-state index is -0.546. The molecular weight excluding hydrogens is 280 g/mol. The van der Waals surface area contributed by atoms with E-state index in [0.29, 0.717) is 5.56 Å². The maximum Gasteiger partial charge on any atom is 0.407 e. The van der Waals surface area contributed by atoms with Crippen LogP contribution < -0.4 is 11.1 Å². The highest BCUT2D eigenvalue weighted by Crippen LogP contribution is 2.21. The molecule has 0 aliphatic carbocycles. The van der Waals surface area contributed by atoms with E-state index >= 15 is 0 Å². The number of thiophene rings is 1. The summed E-state index contributed by atoms with van der Waals surface area (Å²) in [6.07, 6.45) is -0.516. The number of rotatable bonds is 4. The Morgan fingerprint density at radius 2 is 2.10 bits per heavy atom. The predicted octanol–water partition coefficient (Wildman–Crippen LogP) is 2.06. The third kappa shape index (κ3) is 5.18. The monoisotopic (exact) mass is 300 g/mol. The molecule has 1 aromatic rings. The van der Waals surface area contributed by atoms with E-state index in [0.717, 1.165) is 4.88 Å². The van der Waals surface area contributed by atoms with Gasteiger partial charge in [0.2, 0.25) is 0 Å². The molecule has 1 rings (SSSR count). The Labute approximate surface area is 122 Å². The summed E-state index contributed by atoms with van der Waals surface area (Å²) in [4.78, 5) is 23.6.